The molecule has 0 atom stereocenters. The van der Waals surface area contributed by atoms with Crippen LogP contribution in [0.25, 0.3) is 16.7 Å². The fraction of sp³-hybridized carbons (Fsp3) is 0.304. The third-order valence-corrected chi connectivity index (χ3v) is 5.51. The Hall–Kier alpha value is -3.48. The van der Waals surface area contributed by atoms with Crippen LogP contribution in [-0.4, -0.2) is 29.7 Å². The van der Waals surface area contributed by atoms with Gasteiger partial charge in [-0.15, -0.1) is 0 Å². The molecule has 0 unspecified atom stereocenters. The molecule has 0 bridgehead atoms. The molecule has 154 valence electrons. The standard InChI is InChI=1S/C23H25N5O2/c1-6-27-16(4)10-19(17(27)5)21(29)12-26-13-24-22-20(23(26)30)11-25-28(22)18-8-14(2)7-15(3)9-18/h7-11,13H,6,12H2,1-5H3. The summed E-state index contributed by atoms with van der Waals surface area (Å²) in [6, 6.07) is 7.96. The van der Waals surface area contributed by atoms with Crippen molar-refractivity contribution in [2.75, 3.05) is 0 Å². The number of Topliss-reactive ketones (excluding diaryl/α,β-unsaturated/α-hetero) is 1. The quantitative estimate of drug-likeness (QED) is 0.478. The molecule has 7 nitrogen and oxygen atoms in total. The lowest BCUT2D eigenvalue weighted by Crippen LogP contribution is -2.25. The first-order chi connectivity index (χ1) is 14.3. The van der Waals surface area contributed by atoms with Crippen LogP contribution in [0.2, 0.25) is 0 Å². The van der Waals surface area contributed by atoms with Crippen LogP contribution >= 0.6 is 0 Å². The average molecular weight is 403 g/mol. The first kappa shape index (κ1) is 19.8. The smallest absolute Gasteiger partial charge is 0.264 e. The lowest BCUT2D eigenvalue weighted by molar-refractivity contribution is 0.0970. The Bertz CT molecular complexity index is 1320. The molecular formula is C23H25N5O2. The summed E-state index contributed by atoms with van der Waals surface area (Å²) in [5.74, 6) is -0.104. The van der Waals surface area contributed by atoms with E-state index in [1.54, 1.807) is 4.68 Å². The molecule has 3 heterocycles. The van der Waals surface area contributed by atoms with Crippen LogP contribution in [-0.2, 0) is 13.1 Å². The maximum atomic E-state index is 13.0. The average Bonchev–Trinajstić information content (AvgIpc) is 3.24. The minimum atomic E-state index is -0.270. The summed E-state index contributed by atoms with van der Waals surface area (Å²) in [6.07, 6.45) is 2.95. The summed E-state index contributed by atoms with van der Waals surface area (Å²) in [5, 5.41) is 4.77. The van der Waals surface area contributed by atoms with Gasteiger partial charge in [0.1, 0.15) is 11.7 Å². The summed E-state index contributed by atoms with van der Waals surface area (Å²) in [5.41, 5.74) is 5.89. The zero-order valence-corrected chi connectivity index (χ0v) is 17.9. The summed E-state index contributed by atoms with van der Waals surface area (Å²) in [6.45, 7) is 10.7. The highest BCUT2D eigenvalue weighted by molar-refractivity contribution is 5.97. The molecule has 1 aromatic carbocycles. The van der Waals surface area contributed by atoms with Gasteiger partial charge in [-0.3, -0.25) is 14.2 Å². The molecule has 0 fully saturated rings. The first-order valence-electron chi connectivity index (χ1n) is 10.0. The zero-order valence-electron chi connectivity index (χ0n) is 17.9. The van der Waals surface area contributed by atoms with Crippen molar-refractivity contribution >= 4 is 16.8 Å². The minimum Gasteiger partial charge on any atom is -0.349 e. The van der Waals surface area contributed by atoms with Gasteiger partial charge in [0.25, 0.3) is 5.56 Å². The van der Waals surface area contributed by atoms with E-state index in [2.05, 4.69) is 20.7 Å². The summed E-state index contributed by atoms with van der Waals surface area (Å²) in [7, 11) is 0. The number of aryl methyl sites for hydroxylation is 3. The normalized spacial score (nSPS) is 11.4. The molecule has 0 aliphatic heterocycles. The van der Waals surface area contributed by atoms with E-state index in [9.17, 15) is 9.59 Å². The fourth-order valence-corrected chi connectivity index (χ4v) is 4.13. The highest BCUT2D eigenvalue weighted by Gasteiger charge is 2.18. The molecule has 0 saturated heterocycles. The van der Waals surface area contributed by atoms with Crippen LogP contribution in [0.5, 0.6) is 0 Å². The lowest BCUT2D eigenvalue weighted by atomic mass is 10.1. The Morgan fingerprint density at radius 3 is 2.37 bits per heavy atom. The van der Waals surface area contributed by atoms with Gasteiger partial charge in [0.2, 0.25) is 0 Å². The molecule has 0 radical (unpaired) electrons. The van der Waals surface area contributed by atoms with Gasteiger partial charge in [0.05, 0.1) is 18.4 Å². The molecular weight excluding hydrogens is 378 g/mol. The number of nitrogens with zero attached hydrogens (tertiary/aromatic N) is 5. The Morgan fingerprint density at radius 2 is 1.73 bits per heavy atom. The van der Waals surface area contributed by atoms with Crippen molar-refractivity contribution in [1.82, 2.24) is 23.9 Å². The van der Waals surface area contributed by atoms with E-state index < -0.39 is 0 Å². The third-order valence-electron chi connectivity index (χ3n) is 5.51. The van der Waals surface area contributed by atoms with Crippen LogP contribution in [0.15, 0.2) is 41.6 Å². The van der Waals surface area contributed by atoms with Crippen molar-refractivity contribution in [1.29, 1.82) is 0 Å². The topological polar surface area (TPSA) is 74.7 Å². The van der Waals surface area contributed by atoms with Crippen molar-refractivity contribution in [2.45, 2.75) is 47.7 Å². The van der Waals surface area contributed by atoms with E-state index in [1.165, 1.54) is 17.1 Å². The van der Waals surface area contributed by atoms with Gasteiger partial charge in [0, 0.05) is 23.5 Å². The SMILES string of the molecule is CCn1c(C)cc(C(=O)Cn2cnc3c(cnn3-c3cc(C)cc(C)c3)c2=O)c1C. The summed E-state index contributed by atoms with van der Waals surface area (Å²) >= 11 is 0. The number of carbonyl (C=O) groups is 1. The molecule has 4 aromatic rings. The van der Waals surface area contributed by atoms with Crippen molar-refractivity contribution in [2.24, 2.45) is 0 Å². The molecule has 30 heavy (non-hydrogen) atoms. The third kappa shape index (κ3) is 3.26. The summed E-state index contributed by atoms with van der Waals surface area (Å²) < 4.78 is 5.11. The van der Waals surface area contributed by atoms with Crippen LogP contribution in [0, 0.1) is 27.7 Å². The van der Waals surface area contributed by atoms with Crippen molar-refractivity contribution < 1.29 is 4.79 Å². The number of ketones is 1. The Balaban J connectivity index is 1.71. The molecule has 0 spiro atoms. The predicted molar refractivity (Wildman–Crippen MR) is 117 cm³/mol. The van der Waals surface area contributed by atoms with Crippen LogP contribution in [0.3, 0.4) is 0 Å². The maximum Gasteiger partial charge on any atom is 0.264 e. The highest BCUT2D eigenvalue weighted by Crippen LogP contribution is 2.18. The molecule has 0 amide bonds. The second kappa shape index (κ2) is 7.40. The number of carbonyl (C=O) groups excluding carboxylic acids is 1. The van der Waals surface area contributed by atoms with E-state index in [1.807, 2.05) is 52.8 Å². The van der Waals surface area contributed by atoms with E-state index in [4.69, 9.17) is 0 Å². The second-order valence-corrected chi connectivity index (χ2v) is 7.77. The van der Waals surface area contributed by atoms with Gasteiger partial charge in [-0.1, -0.05) is 6.07 Å². The Morgan fingerprint density at radius 1 is 1.03 bits per heavy atom. The van der Waals surface area contributed by atoms with Crippen LogP contribution in [0.1, 0.15) is 39.8 Å². The van der Waals surface area contributed by atoms with Gasteiger partial charge < -0.3 is 4.57 Å². The van der Waals surface area contributed by atoms with Gasteiger partial charge in [-0.05, 0) is 63.9 Å². The molecule has 3 aromatic heterocycles. The minimum absolute atomic E-state index is 0.0511. The monoisotopic (exact) mass is 403 g/mol. The number of rotatable bonds is 5. The Kier molecular flexibility index (Phi) is 4.89. The van der Waals surface area contributed by atoms with Crippen molar-refractivity contribution in [3.63, 3.8) is 0 Å². The predicted octanol–water partition coefficient (Wildman–Crippen LogP) is 3.52. The van der Waals surface area contributed by atoms with Gasteiger partial charge in [0.15, 0.2) is 11.4 Å². The Labute approximate surface area is 174 Å². The van der Waals surface area contributed by atoms with E-state index in [0.717, 1.165) is 34.7 Å². The van der Waals surface area contributed by atoms with Gasteiger partial charge >= 0.3 is 0 Å². The number of fused-ring (bicyclic) bond motifs is 1. The van der Waals surface area contributed by atoms with E-state index >= 15 is 0 Å². The fourth-order valence-electron chi connectivity index (χ4n) is 4.13. The molecule has 0 N–H and O–H groups in total. The number of hydrogen-bond donors (Lipinski definition) is 0. The molecule has 0 saturated carbocycles. The largest absolute Gasteiger partial charge is 0.349 e. The first-order valence-corrected chi connectivity index (χ1v) is 10.0. The zero-order chi connectivity index (χ0) is 21.6. The van der Waals surface area contributed by atoms with Crippen molar-refractivity contribution in [3.05, 3.63) is 75.2 Å². The van der Waals surface area contributed by atoms with Gasteiger partial charge in [-0.2, -0.15) is 5.10 Å². The number of benzene rings is 1. The van der Waals surface area contributed by atoms with E-state index in [-0.39, 0.29) is 17.9 Å². The highest BCUT2D eigenvalue weighted by atomic mass is 16.1. The molecule has 0 aliphatic carbocycles. The number of aromatic nitrogens is 5. The lowest BCUT2D eigenvalue weighted by Gasteiger charge is -2.08. The molecule has 0 aliphatic rings. The van der Waals surface area contributed by atoms with E-state index in [0.29, 0.717) is 16.6 Å². The van der Waals surface area contributed by atoms with Gasteiger partial charge in [-0.25, -0.2) is 9.67 Å². The van der Waals surface area contributed by atoms with Crippen LogP contribution < -0.4 is 5.56 Å². The van der Waals surface area contributed by atoms with Crippen LogP contribution in [0.4, 0.5) is 0 Å². The summed E-state index contributed by atoms with van der Waals surface area (Å²) in [4.78, 5) is 30.3. The molecule has 7 heteroatoms. The maximum absolute atomic E-state index is 13.0. The molecule has 4 rings (SSSR count). The second-order valence-electron chi connectivity index (χ2n) is 7.77. The van der Waals surface area contributed by atoms with Crippen molar-refractivity contribution in [3.8, 4) is 5.69 Å². The number of hydrogen-bond acceptors (Lipinski definition) is 4.